The number of nitrogen functional groups attached to an aromatic ring is 1. The summed E-state index contributed by atoms with van der Waals surface area (Å²) in [5.41, 5.74) is 6.56. The van der Waals surface area contributed by atoms with E-state index in [9.17, 15) is 5.11 Å². The van der Waals surface area contributed by atoms with E-state index in [1.807, 2.05) is 19.1 Å². The molecule has 0 spiro atoms. The molecule has 1 aromatic rings. The molecule has 104 valence electrons. The predicted octanol–water partition coefficient (Wildman–Crippen LogP) is 1.10. The minimum atomic E-state index is -0.549. The number of hydrogen-bond acceptors (Lipinski definition) is 4. The Kier molecular flexibility index (Phi) is 4.17. The molecule has 1 aliphatic heterocycles. The van der Waals surface area contributed by atoms with Crippen LogP contribution in [0.1, 0.15) is 37.4 Å². The normalized spacial score (nSPS) is 24.9. The lowest BCUT2D eigenvalue weighted by molar-refractivity contribution is 0.0444. The molecule has 5 heteroatoms. The highest BCUT2D eigenvalue weighted by molar-refractivity contribution is 5.94. The van der Waals surface area contributed by atoms with E-state index in [1.165, 1.54) is 0 Å². The predicted molar refractivity (Wildman–Crippen MR) is 75.0 cm³/mol. The zero-order chi connectivity index (χ0) is 13.9. The Hall–Kier alpha value is -1.46. The van der Waals surface area contributed by atoms with E-state index in [2.05, 4.69) is 9.88 Å². The number of rotatable bonds is 3. The number of aliphatic hydroxyl groups is 1. The van der Waals surface area contributed by atoms with Crippen LogP contribution in [0.3, 0.4) is 0 Å². The second-order valence-electron chi connectivity index (χ2n) is 5.55. The summed E-state index contributed by atoms with van der Waals surface area (Å²) in [6, 6.07) is 3.84. The fourth-order valence-corrected chi connectivity index (χ4v) is 2.53. The Morgan fingerprint density at radius 3 is 3.05 bits per heavy atom. The number of pyridine rings is 1. The largest absolute Gasteiger partial charge is 0.390 e. The highest BCUT2D eigenvalue weighted by Crippen LogP contribution is 2.22. The molecule has 1 atom stereocenters. The van der Waals surface area contributed by atoms with E-state index in [0.29, 0.717) is 5.69 Å². The molecule has 1 saturated heterocycles. The lowest BCUT2D eigenvalue weighted by atomic mass is 9.98. The fraction of sp³-hybridized carbons (Fsp3) is 0.571. The summed E-state index contributed by atoms with van der Waals surface area (Å²) < 4.78 is 0. The second-order valence-corrected chi connectivity index (χ2v) is 5.55. The molecule has 2 heterocycles. The topological polar surface area (TPSA) is 86.2 Å². The van der Waals surface area contributed by atoms with Gasteiger partial charge in [0.05, 0.1) is 5.60 Å². The van der Waals surface area contributed by atoms with Crippen LogP contribution in [0.4, 0.5) is 0 Å². The Bertz CT molecular complexity index is 459. The van der Waals surface area contributed by atoms with E-state index in [0.717, 1.165) is 44.5 Å². The molecule has 0 saturated carbocycles. The standard InChI is InChI=1S/C14H22N4O/c1-14(19)5-3-8-18(9-6-14)10-11-4-2-7-17-12(11)13(15)16/h2,4,7,19H,3,5-6,8-10H2,1H3,(H3,15,16). The van der Waals surface area contributed by atoms with Crippen molar-refractivity contribution in [3.8, 4) is 0 Å². The summed E-state index contributed by atoms with van der Waals surface area (Å²) in [5.74, 6) is 0.0115. The lowest BCUT2D eigenvalue weighted by Gasteiger charge is -2.23. The SMILES string of the molecule is CC1(O)CCCN(Cc2cccnc2C(=N)N)CC1. The van der Waals surface area contributed by atoms with Gasteiger partial charge in [0.15, 0.2) is 0 Å². The molecule has 5 nitrogen and oxygen atoms in total. The van der Waals surface area contributed by atoms with Crippen molar-refractivity contribution in [1.29, 1.82) is 5.41 Å². The zero-order valence-electron chi connectivity index (χ0n) is 11.4. The Balaban J connectivity index is 2.07. The van der Waals surface area contributed by atoms with Crippen LogP contribution in [0.2, 0.25) is 0 Å². The maximum absolute atomic E-state index is 10.1. The molecule has 1 unspecified atom stereocenters. The first-order valence-electron chi connectivity index (χ1n) is 6.71. The van der Waals surface area contributed by atoms with Crippen LogP contribution < -0.4 is 5.73 Å². The van der Waals surface area contributed by atoms with Crippen LogP contribution in [0, 0.1) is 5.41 Å². The number of hydrogen-bond donors (Lipinski definition) is 3. The zero-order valence-corrected chi connectivity index (χ0v) is 11.4. The molecule has 2 rings (SSSR count). The van der Waals surface area contributed by atoms with Gasteiger partial charge >= 0.3 is 0 Å². The first-order valence-corrected chi connectivity index (χ1v) is 6.71. The summed E-state index contributed by atoms with van der Waals surface area (Å²) in [5, 5.41) is 17.6. The third kappa shape index (κ3) is 3.75. The van der Waals surface area contributed by atoms with Crippen molar-refractivity contribution in [3.05, 3.63) is 29.6 Å². The van der Waals surface area contributed by atoms with Crippen molar-refractivity contribution < 1.29 is 5.11 Å². The lowest BCUT2D eigenvalue weighted by Crippen LogP contribution is -2.29. The van der Waals surface area contributed by atoms with Crippen LogP contribution >= 0.6 is 0 Å². The number of nitrogens with one attached hydrogen (secondary N) is 1. The van der Waals surface area contributed by atoms with Crippen LogP contribution in [0.5, 0.6) is 0 Å². The molecular weight excluding hydrogens is 240 g/mol. The van der Waals surface area contributed by atoms with Gasteiger partial charge in [0, 0.05) is 19.3 Å². The summed E-state index contributed by atoms with van der Waals surface area (Å²) in [4.78, 5) is 6.47. The van der Waals surface area contributed by atoms with Crippen molar-refractivity contribution in [3.63, 3.8) is 0 Å². The number of nitrogens with zero attached hydrogens (tertiary/aromatic N) is 2. The van der Waals surface area contributed by atoms with Crippen molar-refractivity contribution in [2.24, 2.45) is 5.73 Å². The molecule has 4 N–H and O–H groups in total. The highest BCUT2D eigenvalue weighted by Gasteiger charge is 2.25. The van der Waals surface area contributed by atoms with Crippen molar-refractivity contribution in [2.75, 3.05) is 13.1 Å². The maximum atomic E-state index is 10.1. The third-order valence-electron chi connectivity index (χ3n) is 3.70. The van der Waals surface area contributed by atoms with Gasteiger partial charge in [-0.1, -0.05) is 6.07 Å². The first-order chi connectivity index (χ1) is 8.98. The third-order valence-corrected chi connectivity index (χ3v) is 3.70. The molecule has 0 bridgehead atoms. The van der Waals surface area contributed by atoms with Gasteiger partial charge in [-0.25, -0.2) is 0 Å². The maximum Gasteiger partial charge on any atom is 0.142 e. The summed E-state index contributed by atoms with van der Waals surface area (Å²) in [6.45, 7) is 4.46. The van der Waals surface area contributed by atoms with Crippen LogP contribution in [0.25, 0.3) is 0 Å². The van der Waals surface area contributed by atoms with E-state index >= 15 is 0 Å². The smallest absolute Gasteiger partial charge is 0.142 e. The van der Waals surface area contributed by atoms with Gasteiger partial charge < -0.3 is 10.8 Å². The second kappa shape index (κ2) is 5.67. The molecular formula is C14H22N4O. The number of amidine groups is 1. The summed E-state index contributed by atoms with van der Waals surface area (Å²) in [7, 11) is 0. The Labute approximate surface area is 114 Å². The monoisotopic (exact) mass is 262 g/mol. The van der Waals surface area contributed by atoms with Gasteiger partial charge in [-0.05, 0) is 44.4 Å². The molecule has 0 aromatic carbocycles. The summed E-state index contributed by atoms with van der Waals surface area (Å²) >= 11 is 0. The molecule has 19 heavy (non-hydrogen) atoms. The van der Waals surface area contributed by atoms with E-state index in [4.69, 9.17) is 11.1 Å². The van der Waals surface area contributed by atoms with E-state index < -0.39 is 5.60 Å². The van der Waals surface area contributed by atoms with E-state index in [-0.39, 0.29) is 5.84 Å². The van der Waals surface area contributed by atoms with Crippen molar-refractivity contribution in [1.82, 2.24) is 9.88 Å². The van der Waals surface area contributed by atoms with Gasteiger partial charge in [-0.15, -0.1) is 0 Å². The van der Waals surface area contributed by atoms with Gasteiger partial charge in [0.1, 0.15) is 11.5 Å². The average Bonchev–Trinajstić information content (AvgIpc) is 2.51. The van der Waals surface area contributed by atoms with Crippen molar-refractivity contribution >= 4 is 5.84 Å². The first kappa shape index (κ1) is 14.0. The van der Waals surface area contributed by atoms with Crippen LogP contribution in [-0.2, 0) is 6.54 Å². The minimum Gasteiger partial charge on any atom is -0.390 e. The van der Waals surface area contributed by atoms with Gasteiger partial charge in [0.2, 0.25) is 0 Å². The number of likely N-dealkylation sites (tertiary alicyclic amines) is 1. The van der Waals surface area contributed by atoms with Gasteiger partial charge in [-0.2, -0.15) is 0 Å². The van der Waals surface area contributed by atoms with E-state index in [1.54, 1.807) is 6.20 Å². The molecule has 0 aliphatic carbocycles. The summed E-state index contributed by atoms with van der Waals surface area (Å²) in [6.07, 6.45) is 4.27. The van der Waals surface area contributed by atoms with Crippen LogP contribution in [0.15, 0.2) is 18.3 Å². The highest BCUT2D eigenvalue weighted by atomic mass is 16.3. The van der Waals surface area contributed by atoms with Crippen molar-refractivity contribution in [2.45, 2.75) is 38.3 Å². The molecule has 0 radical (unpaired) electrons. The molecule has 1 aromatic heterocycles. The quantitative estimate of drug-likeness (QED) is 0.562. The van der Waals surface area contributed by atoms with Crippen LogP contribution in [-0.4, -0.2) is 39.5 Å². The average molecular weight is 262 g/mol. The Morgan fingerprint density at radius 2 is 2.32 bits per heavy atom. The fourth-order valence-electron chi connectivity index (χ4n) is 2.53. The molecule has 1 aliphatic rings. The van der Waals surface area contributed by atoms with Gasteiger partial charge in [-0.3, -0.25) is 15.3 Å². The molecule has 1 fully saturated rings. The van der Waals surface area contributed by atoms with Gasteiger partial charge in [0.25, 0.3) is 0 Å². The molecule has 0 amide bonds. The number of nitrogens with two attached hydrogens (primary N) is 1. The Morgan fingerprint density at radius 1 is 1.53 bits per heavy atom. The number of aromatic nitrogens is 1. The minimum absolute atomic E-state index is 0.0115.